The van der Waals surface area contributed by atoms with Crippen LogP contribution >= 0.6 is 0 Å². The van der Waals surface area contributed by atoms with Gasteiger partial charge in [-0.1, -0.05) is 0 Å². The molecule has 0 heterocycles. The van der Waals surface area contributed by atoms with E-state index in [0.717, 1.165) is 37.0 Å². The van der Waals surface area contributed by atoms with E-state index in [0.29, 0.717) is 0 Å². The van der Waals surface area contributed by atoms with Crippen molar-refractivity contribution in [2.75, 3.05) is 16.9 Å². The summed E-state index contributed by atoms with van der Waals surface area (Å²) in [4.78, 5) is 7.54. The Labute approximate surface area is 120 Å². The predicted octanol–water partition coefficient (Wildman–Crippen LogP) is 2.79. The molecule has 0 aliphatic carbocycles. The molecule has 0 aromatic heterocycles. The van der Waals surface area contributed by atoms with Crippen LogP contribution in [0, 0.1) is 0 Å². The van der Waals surface area contributed by atoms with Crippen molar-refractivity contribution >= 4 is 21.6 Å². The molecule has 0 spiro atoms. The Morgan fingerprint density at radius 3 is 2.68 bits per heavy atom. The van der Waals surface area contributed by atoms with Gasteiger partial charge in [0.25, 0.3) is 0 Å². The van der Waals surface area contributed by atoms with E-state index in [2.05, 4.69) is 37.7 Å². The summed E-state index contributed by atoms with van der Waals surface area (Å²) in [5.74, 6) is 0. The molecule has 1 rings (SSSR count). The fraction of sp³-hybridized carbons (Fsp3) is 0.462. The minimum absolute atomic E-state index is 0.821. The molecule has 0 atom stereocenters. The standard InChI is InChI=1S/C13H20GeN5/c1-3-10-16-12-8-6-5-7-9-13(12)19(11-4-2)14-17-18-15/h5-9,14H,3-4,10-11H2,1-2H3. The van der Waals surface area contributed by atoms with Gasteiger partial charge in [0.15, 0.2) is 0 Å². The molecule has 0 aliphatic rings. The van der Waals surface area contributed by atoms with Gasteiger partial charge < -0.3 is 0 Å². The first kappa shape index (κ1) is 15.6. The number of anilines is 1. The van der Waals surface area contributed by atoms with Crippen molar-refractivity contribution in [3.8, 4) is 0 Å². The normalized spacial score (nSPS) is 10.9. The number of hydrogen-bond acceptors (Lipinski definition) is 3. The zero-order chi connectivity index (χ0) is 13.9. The van der Waals surface area contributed by atoms with Crippen molar-refractivity contribution in [3.63, 3.8) is 0 Å². The van der Waals surface area contributed by atoms with Gasteiger partial charge in [-0.05, 0) is 0 Å². The van der Waals surface area contributed by atoms with Gasteiger partial charge in [0, 0.05) is 0 Å². The van der Waals surface area contributed by atoms with Gasteiger partial charge in [-0.15, -0.1) is 0 Å². The predicted molar refractivity (Wildman–Crippen MR) is 81.1 cm³/mol. The SMILES string of the molecule is CCCN=c1cccccc1[N](CCC)[GeH][N]=[N+]=[N-]. The zero-order valence-corrected chi connectivity index (χ0v) is 14.0. The molecule has 1 aromatic carbocycles. The van der Waals surface area contributed by atoms with E-state index >= 15 is 0 Å². The fourth-order valence-corrected chi connectivity index (χ4v) is 3.57. The van der Waals surface area contributed by atoms with Gasteiger partial charge in [-0.2, -0.15) is 0 Å². The second-order valence-electron chi connectivity index (χ2n) is 4.08. The quantitative estimate of drug-likeness (QED) is 0.330. The molecule has 1 radical (unpaired) electrons. The maximum atomic E-state index is 8.54. The van der Waals surface area contributed by atoms with Crippen LogP contribution in [0.3, 0.4) is 0 Å². The monoisotopic (exact) mass is 320 g/mol. The zero-order valence-electron chi connectivity index (χ0n) is 11.5. The summed E-state index contributed by atoms with van der Waals surface area (Å²) in [5.41, 5.74) is 9.63. The molecule has 0 amide bonds. The van der Waals surface area contributed by atoms with Gasteiger partial charge >= 0.3 is 120 Å². The molecule has 0 saturated carbocycles. The Balaban J connectivity index is 3.20. The Hall–Kier alpha value is -1.46. The van der Waals surface area contributed by atoms with Crippen molar-refractivity contribution in [3.05, 3.63) is 46.1 Å². The summed E-state index contributed by atoms with van der Waals surface area (Å²) < 4.78 is 6.05. The summed E-state index contributed by atoms with van der Waals surface area (Å²) in [6.45, 7) is 5.98. The van der Waals surface area contributed by atoms with Crippen molar-refractivity contribution in [1.29, 1.82) is 0 Å². The molecule has 0 bridgehead atoms. The van der Waals surface area contributed by atoms with Gasteiger partial charge in [0.05, 0.1) is 0 Å². The molecule has 0 saturated heterocycles. The summed E-state index contributed by atoms with van der Waals surface area (Å²) in [7, 11) is 0. The summed E-state index contributed by atoms with van der Waals surface area (Å²) in [6.07, 6.45) is 2.06. The Kier molecular flexibility index (Phi) is 7.78. The van der Waals surface area contributed by atoms with Crippen molar-refractivity contribution in [2.45, 2.75) is 26.7 Å². The topological polar surface area (TPSA) is 64.4 Å². The summed E-state index contributed by atoms with van der Waals surface area (Å²) in [6, 6.07) is 10.1. The van der Waals surface area contributed by atoms with Crippen LogP contribution in [0.25, 0.3) is 10.4 Å². The molecule has 1 aromatic rings. The van der Waals surface area contributed by atoms with Gasteiger partial charge in [-0.3, -0.25) is 0 Å². The Morgan fingerprint density at radius 2 is 2.00 bits per heavy atom. The van der Waals surface area contributed by atoms with Crippen LogP contribution in [0.2, 0.25) is 0 Å². The van der Waals surface area contributed by atoms with E-state index in [9.17, 15) is 0 Å². The van der Waals surface area contributed by atoms with E-state index in [-0.39, 0.29) is 0 Å². The van der Waals surface area contributed by atoms with Crippen LogP contribution in [0.1, 0.15) is 26.7 Å². The van der Waals surface area contributed by atoms with Crippen LogP contribution in [0.15, 0.2) is 39.4 Å². The first-order chi connectivity index (χ1) is 9.33. The fourth-order valence-electron chi connectivity index (χ4n) is 1.70. The van der Waals surface area contributed by atoms with Crippen molar-refractivity contribution in [2.24, 2.45) is 9.06 Å². The van der Waals surface area contributed by atoms with Crippen LogP contribution in [-0.4, -0.2) is 29.0 Å². The van der Waals surface area contributed by atoms with Crippen LogP contribution in [0.5, 0.6) is 0 Å². The molecule has 101 valence electrons. The second-order valence-corrected chi connectivity index (χ2v) is 6.35. The average molecular weight is 319 g/mol. The van der Waals surface area contributed by atoms with Crippen LogP contribution < -0.4 is 9.21 Å². The minimum atomic E-state index is -1.14. The average Bonchev–Trinajstić information content (AvgIpc) is 2.66. The third-order valence-electron chi connectivity index (χ3n) is 2.52. The number of nitrogens with zero attached hydrogens (tertiary/aromatic N) is 5. The molecule has 0 aliphatic heterocycles. The molecular weight excluding hydrogens is 299 g/mol. The second kappa shape index (κ2) is 9.47. The Bertz CT molecular complexity index is 496. The molecule has 5 nitrogen and oxygen atoms in total. The molecule has 0 fully saturated rings. The third-order valence-corrected chi connectivity index (χ3v) is 4.66. The van der Waals surface area contributed by atoms with Crippen LogP contribution in [0.4, 0.5) is 5.69 Å². The Morgan fingerprint density at radius 1 is 1.21 bits per heavy atom. The summed E-state index contributed by atoms with van der Waals surface area (Å²) in [5, 5.41) is 0.991. The van der Waals surface area contributed by atoms with E-state index in [1.54, 1.807) is 0 Å². The van der Waals surface area contributed by atoms with Gasteiger partial charge in [-0.25, -0.2) is 0 Å². The summed E-state index contributed by atoms with van der Waals surface area (Å²) >= 11 is -1.14. The van der Waals surface area contributed by atoms with Crippen molar-refractivity contribution < 1.29 is 0 Å². The van der Waals surface area contributed by atoms with E-state index in [1.165, 1.54) is 0 Å². The number of rotatable bonds is 7. The molecule has 6 heteroatoms. The van der Waals surface area contributed by atoms with Crippen molar-refractivity contribution in [1.82, 2.24) is 0 Å². The maximum absolute atomic E-state index is 8.54. The molecule has 19 heavy (non-hydrogen) atoms. The molecule has 0 unspecified atom stereocenters. The van der Waals surface area contributed by atoms with E-state index in [1.807, 2.05) is 24.3 Å². The van der Waals surface area contributed by atoms with Gasteiger partial charge in [0.2, 0.25) is 0 Å². The van der Waals surface area contributed by atoms with Gasteiger partial charge in [0.1, 0.15) is 0 Å². The van der Waals surface area contributed by atoms with E-state index < -0.39 is 15.9 Å². The van der Waals surface area contributed by atoms with E-state index in [4.69, 9.17) is 5.53 Å². The van der Waals surface area contributed by atoms with Crippen LogP contribution in [-0.2, 0) is 0 Å². The third kappa shape index (κ3) is 5.36. The first-order valence-corrected chi connectivity index (χ1v) is 8.74. The number of hydrogen-bond donors (Lipinski definition) is 0. The first-order valence-electron chi connectivity index (χ1n) is 6.57. The molecule has 0 N–H and O–H groups in total. The molecular formula is C13H20GeN5. The number of azide groups is 1.